The van der Waals surface area contributed by atoms with E-state index < -0.39 is 11.9 Å². The van der Waals surface area contributed by atoms with Gasteiger partial charge in [0.1, 0.15) is 74.1 Å². The molecule has 12 N–H and O–H groups in total. The van der Waals surface area contributed by atoms with E-state index in [9.17, 15) is 27.2 Å². The number of esters is 2. The molecule has 8 aliphatic rings. The average molecular weight is 1960 g/mol. The SMILES string of the molecule is CCOC(=O)c1csc(Sc2nc(N3C[C@H]4C[C@@H]3C[C@H]4N)c3c(n2)[nH]c2c(CC)cc(F)cc23)n1.CCc1cc(F)cc2c1[nH]c1nc(Sc3nc(C(=O)OC)cs3)nc(N3CC4CC(N)C4C3)c12.CCc1cc(F)cc2c1[nH]c1nc(Sc3nc4ccccc4s3)nc(N3C[C@H]4C[C@@H]3C[C@H]4N)c12.CCc1cc(F)cc2c1[nH]c1nc(Sc3nnc(C)s3)nc(N3C[C@H]4C[C@@H]3C[C@H]4N)c12. The quantitative estimate of drug-likeness (QED) is 0.0212. The minimum Gasteiger partial charge on any atom is -0.464 e. The number of H-pyrrole nitrogens is 4. The van der Waals surface area contributed by atoms with Gasteiger partial charge < -0.3 is 71.9 Å². The minimum atomic E-state index is -0.478. The maximum atomic E-state index is 14.6. The molecule has 690 valence electrons. The molecule has 4 aliphatic carbocycles. The summed E-state index contributed by atoms with van der Waals surface area (Å²) >= 11 is 11.4. The van der Waals surface area contributed by atoms with Gasteiger partial charge in [0, 0.05) is 107 Å². The zero-order chi connectivity index (χ0) is 92.1. The number of fused-ring (bicyclic) bond motifs is 20. The lowest BCUT2D eigenvalue weighted by atomic mass is 9.72. The number of carbonyl (C=O) groups excluding carboxylic acids is 2. The van der Waals surface area contributed by atoms with Crippen LogP contribution in [0.4, 0.5) is 40.8 Å². The Balaban J connectivity index is 0.000000104. The van der Waals surface area contributed by atoms with E-state index >= 15 is 0 Å². The van der Waals surface area contributed by atoms with Crippen molar-refractivity contribution in [2.75, 3.05) is 66.0 Å². The molecule has 25 rings (SSSR count). The molecule has 134 heavy (non-hydrogen) atoms. The Morgan fingerprint density at radius 3 is 1.19 bits per heavy atom. The number of anilines is 4. The number of hydrogen-bond donors (Lipinski definition) is 8. The van der Waals surface area contributed by atoms with Crippen LogP contribution in [0.1, 0.15) is 128 Å². The zero-order valence-corrected chi connectivity index (χ0v) is 80.4. The van der Waals surface area contributed by atoms with Crippen LogP contribution in [0.3, 0.4) is 0 Å². The number of thiazole rings is 3. The first-order chi connectivity index (χ1) is 65.0. The van der Waals surface area contributed by atoms with Crippen molar-refractivity contribution in [1.82, 2.24) is 85.0 Å². The fourth-order valence-corrected chi connectivity index (χ4v) is 28.1. The van der Waals surface area contributed by atoms with Gasteiger partial charge in [-0.15, -0.1) is 44.2 Å². The minimum absolute atomic E-state index is 0.214. The van der Waals surface area contributed by atoms with Crippen molar-refractivity contribution in [3.05, 3.63) is 145 Å². The molecule has 6 bridgehead atoms. The first kappa shape index (κ1) is 88.7. The van der Waals surface area contributed by atoms with Crippen LogP contribution in [0, 0.1) is 59.8 Å². The van der Waals surface area contributed by atoms with Crippen molar-refractivity contribution in [3.8, 4) is 0 Å². The van der Waals surface area contributed by atoms with Gasteiger partial charge in [0.2, 0.25) is 0 Å². The molecule has 29 nitrogen and oxygen atoms in total. The summed E-state index contributed by atoms with van der Waals surface area (Å²) in [4.78, 5) is 99.6. The van der Waals surface area contributed by atoms with Crippen molar-refractivity contribution in [2.45, 2.75) is 192 Å². The summed E-state index contributed by atoms with van der Waals surface area (Å²) in [6.07, 6.45) is 9.96. The molecule has 4 aliphatic heterocycles. The highest BCUT2D eigenvalue weighted by molar-refractivity contribution is 8.01. The largest absolute Gasteiger partial charge is 0.464 e. The summed E-state index contributed by atoms with van der Waals surface area (Å²) < 4.78 is 72.1. The second kappa shape index (κ2) is 35.8. The Labute approximate surface area is 797 Å². The second-order valence-electron chi connectivity index (χ2n) is 35.6. The molecular weight excluding hydrogens is 1860 g/mol. The number of methoxy groups -OCH3 is 1. The molecule has 0 radical (unpaired) electrons. The van der Waals surface area contributed by atoms with E-state index in [2.05, 4.69) is 65.8 Å². The zero-order valence-electron chi connectivity index (χ0n) is 73.9. The molecule has 12 aromatic heterocycles. The van der Waals surface area contributed by atoms with Gasteiger partial charge in [-0.1, -0.05) is 51.2 Å². The first-order valence-electron chi connectivity index (χ1n) is 45.1. The Kier molecular flexibility index (Phi) is 23.7. The maximum absolute atomic E-state index is 14.6. The number of carbonyl (C=O) groups is 2. The number of nitrogens with one attached hydrogen (secondary N) is 4. The van der Waals surface area contributed by atoms with Gasteiger partial charge in [0.25, 0.3) is 0 Å². The summed E-state index contributed by atoms with van der Waals surface area (Å²) in [7, 11) is 1.33. The first-order valence-corrected chi connectivity index (χ1v) is 51.8. The number of rotatable bonds is 19. The lowest BCUT2D eigenvalue weighted by Gasteiger charge is -2.36. The van der Waals surface area contributed by atoms with E-state index in [1.54, 1.807) is 77.6 Å². The van der Waals surface area contributed by atoms with E-state index in [1.165, 1.54) is 88.2 Å². The van der Waals surface area contributed by atoms with Crippen LogP contribution in [0.25, 0.3) is 98.0 Å². The van der Waals surface area contributed by atoms with E-state index in [0.29, 0.717) is 108 Å². The van der Waals surface area contributed by atoms with Gasteiger partial charge in [0.15, 0.2) is 49.4 Å². The van der Waals surface area contributed by atoms with E-state index in [4.69, 9.17) is 77.3 Å². The lowest BCUT2D eigenvalue weighted by Crippen LogP contribution is -2.46. The van der Waals surface area contributed by atoms with Crippen LogP contribution in [-0.4, -0.2) is 186 Å². The molecular formula is C93H93F4N25O4S8. The maximum Gasteiger partial charge on any atom is 0.357 e. The summed E-state index contributed by atoms with van der Waals surface area (Å²) in [5.74, 6) is 3.83. The van der Waals surface area contributed by atoms with Crippen LogP contribution in [0.2, 0.25) is 0 Å². The topological polar surface area (TPSA) is 400 Å². The smallest absolute Gasteiger partial charge is 0.357 e. The van der Waals surface area contributed by atoms with Crippen LogP contribution in [0.15, 0.2) is 122 Å². The van der Waals surface area contributed by atoms with Crippen molar-refractivity contribution in [2.24, 2.45) is 52.5 Å². The van der Waals surface area contributed by atoms with Crippen LogP contribution in [0.5, 0.6) is 0 Å². The highest BCUT2D eigenvalue weighted by atomic mass is 32.2. The van der Waals surface area contributed by atoms with E-state index in [0.717, 1.165) is 236 Å². The predicted molar refractivity (Wildman–Crippen MR) is 522 cm³/mol. The molecule has 12 atom stereocenters. The fraction of sp³-hybridized carbons (Fsp3) is 0.387. The normalized spacial score (nSPS) is 22.1. The molecule has 0 amide bonds. The average Bonchev–Trinajstić information content (AvgIpc) is 1.59. The van der Waals surface area contributed by atoms with Gasteiger partial charge in [-0.05, 0) is 244 Å². The van der Waals surface area contributed by atoms with Gasteiger partial charge >= 0.3 is 11.9 Å². The van der Waals surface area contributed by atoms with Crippen molar-refractivity contribution in [1.29, 1.82) is 0 Å². The molecule has 8 fully saturated rings. The van der Waals surface area contributed by atoms with E-state index in [-0.39, 0.29) is 58.8 Å². The number of nitrogens with zero attached hydrogens (tertiary/aromatic N) is 17. The van der Waals surface area contributed by atoms with Gasteiger partial charge in [-0.25, -0.2) is 82.0 Å². The number of nitrogens with two attached hydrogens (primary N) is 4. The van der Waals surface area contributed by atoms with Crippen LogP contribution in [-0.2, 0) is 35.2 Å². The van der Waals surface area contributed by atoms with Crippen molar-refractivity contribution >= 4 is 226 Å². The molecule has 41 heteroatoms. The Morgan fingerprint density at radius 2 is 0.828 bits per heavy atom. The lowest BCUT2D eigenvalue weighted by molar-refractivity contribution is 0.0518. The van der Waals surface area contributed by atoms with Crippen LogP contribution >= 0.6 is 92.4 Å². The highest BCUT2D eigenvalue weighted by Gasteiger charge is 2.49. The Hall–Kier alpha value is -10.6. The second-order valence-corrected chi connectivity index (χ2v) is 44.3. The van der Waals surface area contributed by atoms with E-state index in [1.807, 2.05) is 52.8 Å². The molecule has 4 saturated carbocycles. The number of benzene rings is 5. The predicted octanol–water partition coefficient (Wildman–Crippen LogP) is 18.1. The number of piperidine rings is 3. The third-order valence-corrected chi connectivity index (χ3v) is 35.0. The Bertz CT molecular complexity index is 7490. The van der Waals surface area contributed by atoms with Gasteiger partial charge in [-0.2, -0.15) is 0 Å². The number of ether oxygens (including phenoxy) is 2. The number of halogens is 4. The number of aromatic nitrogens is 17. The summed E-state index contributed by atoms with van der Waals surface area (Å²) in [6, 6.07) is 22.8. The van der Waals surface area contributed by atoms with Gasteiger partial charge in [-0.3, -0.25) is 0 Å². The standard InChI is InChI=1S/C25H23FN6S2.C24H25FN6O2S2.C23H23FN6O2S2.C21H22FN7S2/c1-2-12-7-14(26)9-16-20-22(29-21(12)16)30-24(34-25-28-18-5-3-4-6-19(18)33-25)31-23(20)32-11-13-8-15(32)10-17(13)27;1-3-11-5-13(25)7-15-18-20(28-19(11)15)29-23(35-24-27-17(10-34-24)22(32)33-4-2)30-21(18)31-9-12-6-14(31)8-16(12)26;1-3-10-4-12(24)6-13-17-19(27-18(10)13)28-22(34-23-26-16(9-33-23)21(31)32-2)29-20(17)30-7-11-5-15(25)14(11)8-30;1-3-10-4-12(22)6-14-16-18(24-17(10)14)25-20(31-21-28-27-9(2)30-21)26-19(16)29-8-11-5-13(29)7-15(11)23/h3-7,9,13,15,17H,2,8,10-11,27H2,1H3,(H,29,30,31);5,7,10,12,14,16H,3-4,6,8-9,26H2,1-2H3,(H,28,29,30);4,6,9,11,14-15H,3,5,7-8,25H2,1-2H3,(H,27,28,29);4,6,11,13,15H,3,5,7-8,23H2,1-2H3,(H,24,25,26)/t13-,15-,17-;12-,14-,16-;;11-,13-,15-/m11.1/s1. The highest BCUT2D eigenvalue weighted by Crippen LogP contribution is 2.51. The molecule has 4 saturated heterocycles. The Morgan fingerprint density at radius 1 is 0.433 bits per heavy atom. The number of aromatic amines is 4. The van der Waals surface area contributed by atoms with Gasteiger partial charge in [0.05, 0.1) is 67.5 Å². The monoisotopic (exact) mass is 1960 g/mol. The summed E-state index contributed by atoms with van der Waals surface area (Å²) in [6.45, 7) is 16.4. The summed E-state index contributed by atoms with van der Waals surface area (Å²) in [5, 5.41) is 21.6. The molecule has 3 unspecified atom stereocenters. The van der Waals surface area contributed by atoms with Crippen molar-refractivity contribution in [3.63, 3.8) is 0 Å². The van der Waals surface area contributed by atoms with Crippen LogP contribution < -0.4 is 42.5 Å². The van der Waals surface area contributed by atoms with Crippen molar-refractivity contribution < 1.29 is 36.6 Å². The fourth-order valence-electron chi connectivity index (χ4n) is 21.2. The molecule has 17 aromatic rings. The molecule has 16 heterocycles. The molecule has 5 aromatic carbocycles. The summed E-state index contributed by atoms with van der Waals surface area (Å²) in [5.41, 5.74) is 36.9. The number of hydrogen-bond acceptors (Lipinski definition) is 33. The molecule has 0 spiro atoms. The third kappa shape index (κ3) is 16.3. The number of para-hydroxylation sites is 1. The third-order valence-electron chi connectivity index (χ3n) is 27.7. The number of aryl methyl sites for hydroxylation is 5.